The topological polar surface area (TPSA) is 58.6 Å². The summed E-state index contributed by atoms with van der Waals surface area (Å²) in [5.41, 5.74) is 0.659. The zero-order valence-corrected chi connectivity index (χ0v) is 14.0. The molecule has 0 aliphatic carbocycles. The molecule has 0 N–H and O–H groups in total. The van der Waals surface area contributed by atoms with Gasteiger partial charge in [0.05, 0.1) is 6.54 Å². The third-order valence-electron chi connectivity index (χ3n) is 5.46. The highest BCUT2D eigenvalue weighted by molar-refractivity contribution is 7.19. The van der Waals surface area contributed by atoms with Crippen LogP contribution in [-0.4, -0.2) is 52.7 Å². The van der Waals surface area contributed by atoms with Gasteiger partial charge in [-0.2, -0.15) is 0 Å². The van der Waals surface area contributed by atoms with Crippen molar-refractivity contribution >= 4 is 22.4 Å². The highest BCUT2D eigenvalue weighted by Gasteiger charge is 2.55. The number of thiophene rings is 1. The van der Waals surface area contributed by atoms with Gasteiger partial charge in [0.2, 0.25) is 0 Å². The van der Waals surface area contributed by atoms with E-state index in [1.54, 1.807) is 28.6 Å². The third-order valence-corrected chi connectivity index (χ3v) is 6.62. The van der Waals surface area contributed by atoms with Crippen molar-refractivity contribution in [2.75, 3.05) is 31.1 Å². The zero-order chi connectivity index (χ0) is 16.1. The number of piperidine rings is 3. The molecule has 6 heterocycles. The predicted molar refractivity (Wildman–Crippen MR) is 91.1 cm³/mol. The van der Waals surface area contributed by atoms with E-state index < -0.39 is 0 Å². The van der Waals surface area contributed by atoms with Gasteiger partial charge in [-0.1, -0.05) is 0 Å². The molecule has 4 saturated heterocycles. The molecular formula is C17H18N4O2S. The second-order valence-corrected chi connectivity index (χ2v) is 7.90. The minimum Gasteiger partial charge on any atom is -0.439 e. The maximum absolute atomic E-state index is 12.5. The first kappa shape index (κ1) is 14.4. The summed E-state index contributed by atoms with van der Waals surface area (Å²) in [4.78, 5) is 26.0. The number of ether oxygens (including phenoxy) is 1. The van der Waals surface area contributed by atoms with E-state index in [2.05, 4.69) is 14.9 Å². The van der Waals surface area contributed by atoms with Crippen molar-refractivity contribution in [2.24, 2.45) is 5.92 Å². The van der Waals surface area contributed by atoms with Crippen molar-refractivity contribution in [2.45, 2.75) is 18.4 Å². The van der Waals surface area contributed by atoms with E-state index in [-0.39, 0.29) is 11.7 Å². The number of hydrogen-bond donors (Lipinski definition) is 0. The second kappa shape index (κ2) is 5.26. The lowest BCUT2D eigenvalue weighted by atomic mass is 9.75. The first-order valence-electron chi connectivity index (χ1n) is 8.32. The number of carbonyl (C=O) groups excluding carboxylic acids is 1. The van der Waals surface area contributed by atoms with Crippen molar-refractivity contribution in [1.82, 2.24) is 14.9 Å². The highest BCUT2D eigenvalue weighted by atomic mass is 32.1. The van der Waals surface area contributed by atoms with Gasteiger partial charge in [0.25, 0.3) is 0 Å². The SMILES string of the molecule is O=C1O[C@]2(CN3CCC2CC3)CN1c1ccc(-c2cncnc2)s1. The van der Waals surface area contributed by atoms with Crippen LogP contribution >= 0.6 is 11.3 Å². The molecule has 0 unspecified atom stereocenters. The van der Waals surface area contributed by atoms with Gasteiger partial charge >= 0.3 is 6.09 Å². The van der Waals surface area contributed by atoms with E-state index in [0.717, 1.165) is 47.9 Å². The van der Waals surface area contributed by atoms with Crippen molar-refractivity contribution < 1.29 is 9.53 Å². The summed E-state index contributed by atoms with van der Waals surface area (Å²) in [7, 11) is 0. The summed E-state index contributed by atoms with van der Waals surface area (Å²) in [6, 6.07) is 4.02. The quantitative estimate of drug-likeness (QED) is 0.840. The van der Waals surface area contributed by atoms with Crippen molar-refractivity contribution in [1.29, 1.82) is 0 Å². The molecule has 0 aromatic carbocycles. The van der Waals surface area contributed by atoms with Crippen molar-refractivity contribution in [3.8, 4) is 10.4 Å². The molecule has 2 aromatic rings. The average Bonchev–Trinajstić information content (AvgIpc) is 3.22. The fourth-order valence-electron chi connectivity index (χ4n) is 4.24. The summed E-state index contributed by atoms with van der Waals surface area (Å²) in [5.74, 6) is 0.499. The number of aromatic nitrogens is 2. The molecule has 4 aliphatic heterocycles. The van der Waals surface area contributed by atoms with Crippen LogP contribution in [0, 0.1) is 5.92 Å². The molecule has 1 spiro atoms. The van der Waals surface area contributed by atoms with E-state index in [1.165, 1.54) is 6.33 Å². The molecule has 1 amide bonds. The molecule has 6 nitrogen and oxygen atoms in total. The molecule has 6 rings (SSSR count). The van der Waals surface area contributed by atoms with Crippen LogP contribution in [-0.2, 0) is 4.74 Å². The van der Waals surface area contributed by atoms with E-state index in [0.29, 0.717) is 12.5 Å². The number of anilines is 1. The molecule has 2 bridgehead atoms. The van der Waals surface area contributed by atoms with Gasteiger partial charge in [-0.3, -0.25) is 9.80 Å². The van der Waals surface area contributed by atoms with Gasteiger partial charge in [-0.05, 0) is 38.1 Å². The van der Waals surface area contributed by atoms with Crippen LogP contribution in [0.3, 0.4) is 0 Å². The summed E-state index contributed by atoms with van der Waals surface area (Å²) in [6.45, 7) is 3.82. The minimum atomic E-state index is -0.312. The number of amides is 1. The standard InChI is InChI=1S/C17H18N4O2S/c22-16-21(10-17(23-16)9-20-5-3-13(17)4-6-20)15-2-1-14(24-15)12-7-18-11-19-8-12/h1-2,7-8,11,13H,3-6,9-10H2/t17-/m1/s1. The van der Waals surface area contributed by atoms with Gasteiger partial charge in [0.15, 0.2) is 0 Å². The molecular weight excluding hydrogens is 324 g/mol. The Morgan fingerprint density at radius 2 is 1.96 bits per heavy atom. The first-order valence-corrected chi connectivity index (χ1v) is 9.13. The summed E-state index contributed by atoms with van der Waals surface area (Å²) in [5, 5.41) is 0.937. The third kappa shape index (κ3) is 2.15. The van der Waals surface area contributed by atoms with Crippen LogP contribution in [0.5, 0.6) is 0 Å². The van der Waals surface area contributed by atoms with Gasteiger partial charge < -0.3 is 4.74 Å². The van der Waals surface area contributed by atoms with Crippen LogP contribution in [0.1, 0.15) is 12.8 Å². The summed E-state index contributed by atoms with van der Waals surface area (Å²) >= 11 is 1.59. The Morgan fingerprint density at radius 1 is 1.17 bits per heavy atom. The van der Waals surface area contributed by atoms with E-state index >= 15 is 0 Å². The normalized spacial score (nSPS) is 31.7. The fourth-order valence-corrected chi connectivity index (χ4v) is 5.21. The maximum Gasteiger partial charge on any atom is 0.415 e. The van der Waals surface area contributed by atoms with Gasteiger partial charge in [0.1, 0.15) is 16.9 Å². The molecule has 2 aromatic heterocycles. The average molecular weight is 342 g/mol. The summed E-state index contributed by atoms with van der Waals surface area (Å²) < 4.78 is 5.93. The predicted octanol–water partition coefficient (Wildman–Crippen LogP) is 2.63. The van der Waals surface area contributed by atoms with Crippen molar-refractivity contribution in [3.63, 3.8) is 0 Å². The number of hydrogen-bond acceptors (Lipinski definition) is 6. The van der Waals surface area contributed by atoms with Crippen LogP contribution in [0.4, 0.5) is 9.80 Å². The lowest BCUT2D eigenvalue weighted by molar-refractivity contribution is -0.0881. The van der Waals surface area contributed by atoms with E-state index in [4.69, 9.17) is 4.74 Å². The molecule has 0 saturated carbocycles. The van der Waals surface area contributed by atoms with Gasteiger partial charge in [-0.15, -0.1) is 11.3 Å². The Bertz CT molecular complexity index is 772. The highest BCUT2D eigenvalue weighted by Crippen LogP contribution is 2.45. The van der Waals surface area contributed by atoms with Crippen LogP contribution in [0.15, 0.2) is 30.9 Å². The monoisotopic (exact) mass is 342 g/mol. The lowest BCUT2D eigenvalue weighted by Crippen LogP contribution is -2.61. The Labute approximate surface area is 144 Å². The smallest absolute Gasteiger partial charge is 0.415 e. The first-order chi connectivity index (χ1) is 11.7. The molecule has 24 heavy (non-hydrogen) atoms. The molecule has 4 aliphatic rings. The van der Waals surface area contributed by atoms with Crippen LogP contribution < -0.4 is 4.90 Å². The number of nitrogens with zero attached hydrogens (tertiary/aromatic N) is 4. The van der Waals surface area contributed by atoms with Crippen LogP contribution in [0.25, 0.3) is 10.4 Å². The lowest BCUT2D eigenvalue weighted by Gasteiger charge is -2.49. The van der Waals surface area contributed by atoms with E-state index in [1.807, 2.05) is 12.1 Å². The largest absolute Gasteiger partial charge is 0.439 e. The number of carbonyl (C=O) groups is 1. The Kier molecular flexibility index (Phi) is 3.14. The molecule has 1 atom stereocenters. The fraction of sp³-hybridized carbons (Fsp3) is 0.471. The summed E-state index contributed by atoms with van der Waals surface area (Å²) in [6.07, 6.45) is 7.17. The van der Waals surface area contributed by atoms with Crippen LogP contribution in [0.2, 0.25) is 0 Å². The van der Waals surface area contributed by atoms with E-state index in [9.17, 15) is 4.79 Å². The minimum absolute atomic E-state index is 0.207. The van der Waals surface area contributed by atoms with Gasteiger partial charge in [0, 0.05) is 35.3 Å². The Hall–Kier alpha value is -1.99. The maximum atomic E-state index is 12.5. The zero-order valence-electron chi connectivity index (χ0n) is 13.2. The number of fused-ring (bicyclic) bond motifs is 2. The molecule has 4 fully saturated rings. The molecule has 124 valence electrons. The Balaban J connectivity index is 1.42. The molecule has 7 heteroatoms. The number of rotatable bonds is 2. The Morgan fingerprint density at radius 3 is 2.67 bits per heavy atom. The second-order valence-electron chi connectivity index (χ2n) is 6.83. The molecule has 0 radical (unpaired) electrons. The van der Waals surface area contributed by atoms with Gasteiger partial charge in [-0.25, -0.2) is 14.8 Å². The van der Waals surface area contributed by atoms with Crippen molar-refractivity contribution in [3.05, 3.63) is 30.9 Å².